The van der Waals surface area contributed by atoms with Crippen LogP contribution in [0.15, 0.2) is 42.0 Å². The average molecular weight is 415 g/mol. The van der Waals surface area contributed by atoms with E-state index >= 15 is 0 Å². The SMILES string of the molecule is CCOc1cc(/C=C2\C(=O)NC(=O)N(c3ccccc3C)C2=O)c(Cl)cc1OC. The van der Waals surface area contributed by atoms with Gasteiger partial charge < -0.3 is 9.47 Å². The topological polar surface area (TPSA) is 84.9 Å². The molecule has 0 atom stereocenters. The van der Waals surface area contributed by atoms with Crippen LogP contribution < -0.4 is 19.7 Å². The summed E-state index contributed by atoms with van der Waals surface area (Å²) in [6.07, 6.45) is 1.33. The summed E-state index contributed by atoms with van der Waals surface area (Å²) in [4.78, 5) is 38.7. The Balaban J connectivity index is 2.08. The number of nitrogens with zero attached hydrogens (tertiary/aromatic N) is 1. The van der Waals surface area contributed by atoms with Crippen LogP contribution in [0.5, 0.6) is 11.5 Å². The van der Waals surface area contributed by atoms with Crippen molar-refractivity contribution < 1.29 is 23.9 Å². The first kappa shape index (κ1) is 20.4. The van der Waals surface area contributed by atoms with Crippen molar-refractivity contribution in [2.45, 2.75) is 13.8 Å². The number of anilines is 1. The number of methoxy groups -OCH3 is 1. The lowest BCUT2D eigenvalue weighted by Crippen LogP contribution is -2.54. The molecule has 8 heteroatoms. The fourth-order valence-corrected chi connectivity index (χ4v) is 3.14. The maximum atomic E-state index is 13.0. The quantitative estimate of drug-likeness (QED) is 0.595. The highest BCUT2D eigenvalue weighted by Crippen LogP contribution is 2.35. The highest BCUT2D eigenvalue weighted by atomic mass is 35.5. The summed E-state index contributed by atoms with van der Waals surface area (Å²) in [6, 6.07) is 9.21. The molecule has 4 amide bonds. The van der Waals surface area contributed by atoms with Crippen LogP contribution in [0.3, 0.4) is 0 Å². The summed E-state index contributed by atoms with van der Waals surface area (Å²) in [5, 5.41) is 2.46. The van der Waals surface area contributed by atoms with Crippen molar-refractivity contribution in [3.05, 3.63) is 58.1 Å². The van der Waals surface area contributed by atoms with Crippen molar-refractivity contribution in [1.29, 1.82) is 0 Å². The number of carbonyl (C=O) groups excluding carboxylic acids is 3. The lowest BCUT2D eigenvalue weighted by Gasteiger charge is -2.27. The number of para-hydroxylation sites is 1. The van der Waals surface area contributed by atoms with Crippen LogP contribution in [-0.4, -0.2) is 31.6 Å². The molecule has 1 aliphatic rings. The molecule has 7 nitrogen and oxygen atoms in total. The second kappa shape index (κ2) is 8.36. The molecular weight excluding hydrogens is 396 g/mol. The van der Waals surface area contributed by atoms with Crippen molar-refractivity contribution in [1.82, 2.24) is 5.32 Å². The molecule has 3 rings (SSSR count). The molecule has 2 aromatic carbocycles. The van der Waals surface area contributed by atoms with Crippen LogP contribution in [0.1, 0.15) is 18.1 Å². The Morgan fingerprint density at radius 3 is 2.52 bits per heavy atom. The van der Waals surface area contributed by atoms with Crippen LogP contribution in [0, 0.1) is 6.92 Å². The van der Waals surface area contributed by atoms with E-state index in [1.165, 1.54) is 19.3 Å². The predicted octanol–water partition coefficient (Wildman–Crippen LogP) is 3.72. The van der Waals surface area contributed by atoms with Gasteiger partial charge >= 0.3 is 6.03 Å². The van der Waals surface area contributed by atoms with Crippen molar-refractivity contribution in [2.24, 2.45) is 0 Å². The van der Waals surface area contributed by atoms with E-state index in [1.54, 1.807) is 37.3 Å². The molecule has 0 bridgehead atoms. The van der Waals surface area contributed by atoms with E-state index in [2.05, 4.69) is 5.32 Å². The number of ether oxygens (including phenoxy) is 2. The van der Waals surface area contributed by atoms with Gasteiger partial charge in [0.05, 0.1) is 24.4 Å². The smallest absolute Gasteiger partial charge is 0.335 e. The number of aryl methyl sites for hydroxylation is 1. The Bertz CT molecular complexity index is 1030. The van der Waals surface area contributed by atoms with Gasteiger partial charge in [0.2, 0.25) is 0 Å². The van der Waals surface area contributed by atoms with E-state index in [1.807, 2.05) is 6.92 Å². The standard InChI is InChI=1S/C21H19ClN2O5/c1-4-29-18-10-13(15(22)11-17(18)28-3)9-14-19(25)23-21(27)24(20(14)26)16-8-6-5-7-12(16)2/h5-11H,4H2,1-3H3,(H,23,25,27)/b14-9+. The van der Waals surface area contributed by atoms with Crippen molar-refractivity contribution in [3.63, 3.8) is 0 Å². The molecule has 0 radical (unpaired) electrons. The average Bonchev–Trinajstić information content (AvgIpc) is 2.68. The van der Waals surface area contributed by atoms with E-state index in [-0.39, 0.29) is 10.6 Å². The normalized spacial score (nSPS) is 15.5. The number of barbiturate groups is 1. The van der Waals surface area contributed by atoms with E-state index in [4.69, 9.17) is 21.1 Å². The first-order valence-electron chi connectivity index (χ1n) is 8.84. The third kappa shape index (κ3) is 3.95. The number of rotatable bonds is 5. The summed E-state index contributed by atoms with van der Waals surface area (Å²) < 4.78 is 10.8. The molecule has 2 aromatic rings. The van der Waals surface area contributed by atoms with Crippen molar-refractivity contribution >= 4 is 41.2 Å². The Morgan fingerprint density at radius 2 is 1.86 bits per heavy atom. The van der Waals surface area contributed by atoms with Gasteiger partial charge in [-0.25, -0.2) is 9.69 Å². The van der Waals surface area contributed by atoms with Crippen molar-refractivity contribution in [2.75, 3.05) is 18.6 Å². The van der Waals surface area contributed by atoms with Crippen molar-refractivity contribution in [3.8, 4) is 11.5 Å². The molecular formula is C21H19ClN2O5. The van der Waals surface area contributed by atoms with Gasteiger partial charge in [-0.15, -0.1) is 0 Å². The van der Waals surface area contributed by atoms with Crippen LogP contribution in [0.4, 0.5) is 10.5 Å². The molecule has 0 unspecified atom stereocenters. The zero-order valence-corrected chi connectivity index (χ0v) is 16.9. The molecule has 1 fully saturated rings. The van der Waals surface area contributed by atoms with Gasteiger partial charge in [0.25, 0.3) is 11.8 Å². The van der Waals surface area contributed by atoms with E-state index in [0.29, 0.717) is 34.9 Å². The van der Waals surface area contributed by atoms with Gasteiger partial charge in [-0.2, -0.15) is 0 Å². The summed E-state index contributed by atoms with van der Waals surface area (Å²) in [6.45, 7) is 3.98. The third-order valence-electron chi connectivity index (χ3n) is 4.34. The number of hydrogen-bond acceptors (Lipinski definition) is 5. The highest BCUT2D eigenvalue weighted by molar-refractivity contribution is 6.40. The molecule has 150 valence electrons. The summed E-state index contributed by atoms with van der Waals surface area (Å²) in [7, 11) is 1.48. The number of hydrogen-bond donors (Lipinski definition) is 1. The Hall–Kier alpha value is -3.32. The van der Waals surface area contributed by atoms with Crippen LogP contribution in [0.25, 0.3) is 6.08 Å². The van der Waals surface area contributed by atoms with E-state index in [0.717, 1.165) is 4.90 Å². The Morgan fingerprint density at radius 1 is 1.14 bits per heavy atom. The third-order valence-corrected chi connectivity index (χ3v) is 4.67. The summed E-state index contributed by atoms with van der Waals surface area (Å²) >= 11 is 6.30. The number of imide groups is 2. The molecule has 1 heterocycles. The monoisotopic (exact) mass is 414 g/mol. The van der Waals surface area contributed by atoms with E-state index < -0.39 is 17.8 Å². The number of amides is 4. The first-order valence-corrected chi connectivity index (χ1v) is 9.22. The van der Waals surface area contributed by atoms with E-state index in [9.17, 15) is 14.4 Å². The second-order valence-corrected chi connectivity index (χ2v) is 6.61. The summed E-state index contributed by atoms with van der Waals surface area (Å²) in [5.74, 6) is -0.690. The van der Waals surface area contributed by atoms with Gasteiger partial charge in [0, 0.05) is 6.07 Å². The fourth-order valence-electron chi connectivity index (χ4n) is 2.94. The fraction of sp³-hybridized carbons (Fsp3) is 0.190. The van der Waals surface area contributed by atoms with Gasteiger partial charge in [-0.3, -0.25) is 14.9 Å². The molecule has 1 N–H and O–H groups in total. The highest BCUT2D eigenvalue weighted by Gasteiger charge is 2.37. The number of benzene rings is 2. The zero-order chi connectivity index (χ0) is 21.1. The maximum Gasteiger partial charge on any atom is 0.335 e. The molecule has 0 aromatic heterocycles. The first-order chi connectivity index (χ1) is 13.9. The zero-order valence-electron chi connectivity index (χ0n) is 16.1. The minimum absolute atomic E-state index is 0.220. The maximum absolute atomic E-state index is 13.0. The lowest BCUT2D eigenvalue weighted by atomic mass is 10.1. The molecule has 1 saturated heterocycles. The van der Waals surface area contributed by atoms with Crippen LogP contribution in [-0.2, 0) is 9.59 Å². The summed E-state index contributed by atoms with van der Waals surface area (Å²) in [5.41, 5.74) is 1.27. The van der Waals surface area contributed by atoms with Gasteiger partial charge in [-0.1, -0.05) is 29.8 Å². The minimum Gasteiger partial charge on any atom is -0.493 e. The number of nitrogens with one attached hydrogen (secondary N) is 1. The predicted molar refractivity (Wildman–Crippen MR) is 109 cm³/mol. The Kier molecular flexibility index (Phi) is 5.89. The molecule has 1 aliphatic heterocycles. The van der Waals surface area contributed by atoms with Gasteiger partial charge in [0.1, 0.15) is 5.57 Å². The molecule has 29 heavy (non-hydrogen) atoms. The number of halogens is 1. The molecule has 0 saturated carbocycles. The van der Waals surface area contributed by atoms with Gasteiger partial charge in [0.15, 0.2) is 11.5 Å². The second-order valence-electron chi connectivity index (χ2n) is 6.20. The molecule has 0 spiro atoms. The van der Waals surface area contributed by atoms with Gasteiger partial charge in [-0.05, 0) is 43.2 Å². The van der Waals surface area contributed by atoms with Crippen LogP contribution >= 0.6 is 11.6 Å². The number of carbonyl (C=O) groups is 3. The Labute approximate surface area is 172 Å². The largest absolute Gasteiger partial charge is 0.493 e. The minimum atomic E-state index is -0.803. The lowest BCUT2D eigenvalue weighted by molar-refractivity contribution is -0.122. The number of urea groups is 1. The van der Waals surface area contributed by atoms with Crippen LogP contribution in [0.2, 0.25) is 5.02 Å². The molecule has 0 aliphatic carbocycles.